The van der Waals surface area contributed by atoms with Gasteiger partial charge in [0.15, 0.2) is 5.60 Å². The van der Waals surface area contributed by atoms with Gasteiger partial charge in [0.05, 0.1) is 0 Å². The van der Waals surface area contributed by atoms with Crippen LogP contribution in [0.3, 0.4) is 0 Å². The number of carbonyl (C=O) groups is 1. The molecular weight excluding hydrogens is 180 g/mol. The Morgan fingerprint density at radius 1 is 1.14 bits per heavy atom. The molecule has 0 fully saturated rings. The minimum absolute atomic E-state index is 0.131. The zero-order valence-corrected chi connectivity index (χ0v) is 10.00. The standard InChI is InChI=1S/C11H22O3/c1-7(2)9(8(3)4)14-10(12)11(5,6)13/h7-9,13H,1-6H3. The molecule has 1 N–H and O–H groups in total. The minimum atomic E-state index is -1.40. The van der Waals surface area contributed by atoms with Crippen molar-refractivity contribution in [2.24, 2.45) is 11.8 Å². The number of esters is 1. The van der Waals surface area contributed by atoms with Crippen LogP contribution in [0.15, 0.2) is 0 Å². The molecule has 0 aliphatic rings. The number of carbonyl (C=O) groups excluding carboxylic acids is 1. The van der Waals surface area contributed by atoms with Crippen LogP contribution in [0.25, 0.3) is 0 Å². The Bertz CT molecular complexity index is 181. The van der Waals surface area contributed by atoms with E-state index in [9.17, 15) is 9.90 Å². The van der Waals surface area contributed by atoms with Crippen molar-refractivity contribution in [3.8, 4) is 0 Å². The van der Waals surface area contributed by atoms with Gasteiger partial charge in [-0.15, -0.1) is 0 Å². The zero-order valence-electron chi connectivity index (χ0n) is 10.00. The van der Waals surface area contributed by atoms with Crippen LogP contribution < -0.4 is 0 Å². The van der Waals surface area contributed by atoms with Gasteiger partial charge in [0, 0.05) is 0 Å². The Kier molecular flexibility index (Phi) is 4.59. The molecule has 0 saturated carbocycles. The summed E-state index contributed by atoms with van der Waals surface area (Å²) in [4.78, 5) is 11.4. The van der Waals surface area contributed by atoms with Crippen LogP contribution in [0.4, 0.5) is 0 Å². The van der Waals surface area contributed by atoms with Crippen molar-refractivity contribution < 1.29 is 14.6 Å². The lowest BCUT2D eigenvalue weighted by atomic mass is 9.96. The smallest absolute Gasteiger partial charge is 0.337 e. The molecule has 0 aromatic rings. The first-order valence-electron chi connectivity index (χ1n) is 5.09. The fourth-order valence-corrected chi connectivity index (χ4v) is 1.31. The van der Waals surface area contributed by atoms with Gasteiger partial charge >= 0.3 is 5.97 Å². The summed E-state index contributed by atoms with van der Waals surface area (Å²) in [5.41, 5.74) is -1.40. The molecule has 14 heavy (non-hydrogen) atoms. The Hall–Kier alpha value is -0.570. The van der Waals surface area contributed by atoms with Crippen molar-refractivity contribution in [2.75, 3.05) is 0 Å². The van der Waals surface area contributed by atoms with Crippen LogP contribution in [-0.2, 0) is 9.53 Å². The molecule has 0 amide bonds. The maximum absolute atomic E-state index is 11.4. The van der Waals surface area contributed by atoms with Gasteiger partial charge in [-0.1, -0.05) is 27.7 Å². The van der Waals surface area contributed by atoms with E-state index in [2.05, 4.69) is 0 Å². The molecule has 0 spiro atoms. The van der Waals surface area contributed by atoms with Crippen molar-refractivity contribution in [2.45, 2.75) is 53.2 Å². The molecule has 0 saturated heterocycles. The highest BCUT2D eigenvalue weighted by atomic mass is 16.6. The van der Waals surface area contributed by atoms with Gasteiger partial charge in [0.25, 0.3) is 0 Å². The summed E-state index contributed by atoms with van der Waals surface area (Å²) in [5.74, 6) is -0.0208. The summed E-state index contributed by atoms with van der Waals surface area (Å²) in [6.45, 7) is 10.9. The number of rotatable bonds is 4. The van der Waals surface area contributed by atoms with E-state index >= 15 is 0 Å². The van der Waals surface area contributed by atoms with E-state index < -0.39 is 11.6 Å². The molecule has 0 radical (unpaired) electrons. The van der Waals surface area contributed by atoms with Crippen LogP contribution in [0, 0.1) is 11.8 Å². The third-order valence-electron chi connectivity index (χ3n) is 2.06. The van der Waals surface area contributed by atoms with E-state index in [-0.39, 0.29) is 17.9 Å². The topological polar surface area (TPSA) is 46.5 Å². The lowest BCUT2D eigenvalue weighted by Gasteiger charge is -2.27. The molecule has 0 rings (SSSR count). The van der Waals surface area contributed by atoms with E-state index in [1.165, 1.54) is 13.8 Å². The Labute approximate surface area is 86.5 Å². The Balaban J connectivity index is 4.40. The van der Waals surface area contributed by atoms with Crippen molar-refractivity contribution in [3.05, 3.63) is 0 Å². The normalized spacial score (nSPS) is 12.7. The van der Waals surface area contributed by atoms with Crippen LogP contribution in [0.1, 0.15) is 41.5 Å². The predicted octanol–water partition coefficient (Wildman–Crippen LogP) is 1.98. The first kappa shape index (κ1) is 13.4. The highest BCUT2D eigenvalue weighted by molar-refractivity contribution is 5.78. The highest BCUT2D eigenvalue weighted by Gasteiger charge is 2.30. The molecule has 0 aromatic carbocycles. The van der Waals surface area contributed by atoms with E-state index in [0.717, 1.165) is 0 Å². The van der Waals surface area contributed by atoms with Crippen LogP contribution >= 0.6 is 0 Å². The number of aliphatic hydroxyl groups is 1. The zero-order chi connectivity index (χ0) is 11.5. The van der Waals surface area contributed by atoms with Crippen LogP contribution in [0.2, 0.25) is 0 Å². The quantitative estimate of drug-likeness (QED) is 0.709. The summed E-state index contributed by atoms with van der Waals surface area (Å²) in [6, 6.07) is 0. The number of ether oxygens (including phenoxy) is 1. The lowest BCUT2D eigenvalue weighted by Crippen LogP contribution is -2.39. The fraction of sp³-hybridized carbons (Fsp3) is 0.909. The first-order valence-corrected chi connectivity index (χ1v) is 5.09. The van der Waals surface area contributed by atoms with Crippen molar-refractivity contribution in [3.63, 3.8) is 0 Å². The van der Waals surface area contributed by atoms with Crippen LogP contribution in [-0.4, -0.2) is 22.8 Å². The predicted molar refractivity (Wildman–Crippen MR) is 55.9 cm³/mol. The molecule has 0 aromatic heterocycles. The lowest BCUT2D eigenvalue weighted by molar-refractivity contribution is -0.172. The summed E-state index contributed by atoms with van der Waals surface area (Å²) in [5, 5.41) is 9.42. The average molecular weight is 202 g/mol. The monoisotopic (exact) mass is 202 g/mol. The largest absolute Gasteiger partial charge is 0.460 e. The molecular formula is C11H22O3. The van der Waals surface area contributed by atoms with Gasteiger partial charge < -0.3 is 9.84 Å². The van der Waals surface area contributed by atoms with E-state index in [1.807, 2.05) is 27.7 Å². The van der Waals surface area contributed by atoms with Gasteiger partial charge in [-0.2, -0.15) is 0 Å². The third kappa shape index (κ3) is 4.09. The molecule has 0 bridgehead atoms. The maximum Gasteiger partial charge on any atom is 0.337 e. The second-order valence-electron chi connectivity index (χ2n) is 4.92. The van der Waals surface area contributed by atoms with Crippen molar-refractivity contribution in [1.82, 2.24) is 0 Å². The summed E-state index contributed by atoms with van der Waals surface area (Å²) >= 11 is 0. The van der Waals surface area contributed by atoms with E-state index in [4.69, 9.17) is 4.74 Å². The SMILES string of the molecule is CC(C)C(OC(=O)C(C)(C)O)C(C)C. The molecule has 0 atom stereocenters. The molecule has 0 unspecified atom stereocenters. The second kappa shape index (κ2) is 4.78. The molecule has 3 heteroatoms. The Morgan fingerprint density at radius 3 is 1.71 bits per heavy atom. The average Bonchev–Trinajstić information content (AvgIpc) is 1.96. The third-order valence-corrected chi connectivity index (χ3v) is 2.06. The van der Waals surface area contributed by atoms with E-state index in [1.54, 1.807) is 0 Å². The van der Waals surface area contributed by atoms with E-state index in [0.29, 0.717) is 0 Å². The Morgan fingerprint density at radius 2 is 1.50 bits per heavy atom. The molecule has 84 valence electrons. The first-order chi connectivity index (χ1) is 6.16. The summed E-state index contributed by atoms with van der Waals surface area (Å²) in [6.07, 6.45) is -0.131. The van der Waals surface area contributed by atoms with Gasteiger partial charge in [-0.05, 0) is 25.7 Å². The van der Waals surface area contributed by atoms with Crippen LogP contribution in [0.5, 0.6) is 0 Å². The van der Waals surface area contributed by atoms with Gasteiger partial charge in [-0.25, -0.2) is 4.79 Å². The number of hydrogen-bond acceptors (Lipinski definition) is 3. The van der Waals surface area contributed by atoms with Crippen molar-refractivity contribution >= 4 is 5.97 Å². The highest BCUT2D eigenvalue weighted by Crippen LogP contribution is 2.18. The second-order valence-corrected chi connectivity index (χ2v) is 4.92. The maximum atomic E-state index is 11.4. The van der Waals surface area contributed by atoms with Gasteiger partial charge in [0.2, 0.25) is 0 Å². The summed E-state index contributed by atoms with van der Waals surface area (Å²) in [7, 11) is 0. The molecule has 0 aliphatic carbocycles. The fourth-order valence-electron chi connectivity index (χ4n) is 1.31. The minimum Gasteiger partial charge on any atom is -0.460 e. The molecule has 3 nitrogen and oxygen atoms in total. The van der Waals surface area contributed by atoms with Gasteiger partial charge in [-0.3, -0.25) is 0 Å². The molecule has 0 aliphatic heterocycles. The van der Waals surface area contributed by atoms with Gasteiger partial charge in [0.1, 0.15) is 6.10 Å². The van der Waals surface area contributed by atoms with Crippen molar-refractivity contribution in [1.29, 1.82) is 0 Å². The molecule has 0 heterocycles. The summed E-state index contributed by atoms with van der Waals surface area (Å²) < 4.78 is 5.25. The number of hydrogen-bond donors (Lipinski definition) is 1.